The average Bonchev–Trinajstić information content (AvgIpc) is 2.39. The highest BCUT2D eigenvalue weighted by Gasteiger charge is 2.13. The Morgan fingerprint density at radius 3 is 2.40 bits per heavy atom. The zero-order chi connectivity index (χ0) is 14.6. The first-order chi connectivity index (χ1) is 9.49. The summed E-state index contributed by atoms with van der Waals surface area (Å²) in [6.07, 6.45) is 1.61. The van der Waals surface area contributed by atoms with E-state index in [9.17, 15) is 0 Å². The molecule has 20 heavy (non-hydrogen) atoms. The van der Waals surface area contributed by atoms with Gasteiger partial charge in [0, 0.05) is 23.8 Å². The van der Waals surface area contributed by atoms with Crippen molar-refractivity contribution in [3.8, 4) is 0 Å². The summed E-state index contributed by atoms with van der Waals surface area (Å²) >= 11 is 0. The minimum Gasteiger partial charge on any atom is -0.365 e. The lowest BCUT2D eigenvalue weighted by Gasteiger charge is -2.24. The lowest BCUT2D eigenvalue weighted by molar-refractivity contribution is 0.630. The van der Waals surface area contributed by atoms with E-state index < -0.39 is 0 Å². The average molecular weight is 270 g/mol. The van der Waals surface area contributed by atoms with Gasteiger partial charge in [-0.05, 0) is 39.8 Å². The molecule has 2 rings (SSSR count). The second kappa shape index (κ2) is 5.90. The number of hydrogen-bond acceptors (Lipinski definition) is 4. The van der Waals surface area contributed by atoms with Gasteiger partial charge in [0.15, 0.2) is 0 Å². The second-order valence-electron chi connectivity index (χ2n) is 5.72. The maximum Gasteiger partial charge on any atom is 0.138 e. The molecule has 0 radical (unpaired) electrons. The normalized spacial score (nSPS) is 11.2. The minimum atomic E-state index is -0.0184. The van der Waals surface area contributed by atoms with Gasteiger partial charge in [0.2, 0.25) is 0 Å². The van der Waals surface area contributed by atoms with E-state index in [0.717, 1.165) is 23.9 Å². The molecule has 0 aliphatic rings. The third kappa shape index (κ3) is 3.70. The first-order valence-corrected chi connectivity index (χ1v) is 6.92. The van der Waals surface area contributed by atoms with Gasteiger partial charge in [-0.1, -0.05) is 18.2 Å². The fourth-order valence-corrected chi connectivity index (χ4v) is 2.03. The number of aromatic nitrogens is 2. The van der Waals surface area contributed by atoms with Gasteiger partial charge in [-0.25, -0.2) is 9.97 Å². The van der Waals surface area contributed by atoms with Crippen molar-refractivity contribution < 1.29 is 0 Å². The third-order valence-electron chi connectivity index (χ3n) is 2.82. The van der Waals surface area contributed by atoms with Gasteiger partial charge in [0.05, 0.1) is 0 Å². The second-order valence-corrected chi connectivity index (χ2v) is 5.72. The molecule has 0 saturated heterocycles. The highest BCUT2D eigenvalue weighted by Crippen LogP contribution is 2.24. The predicted molar refractivity (Wildman–Crippen MR) is 84.5 cm³/mol. The van der Waals surface area contributed by atoms with Crippen molar-refractivity contribution in [2.24, 2.45) is 0 Å². The summed E-state index contributed by atoms with van der Waals surface area (Å²) < 4.78 is 0. The summed E-state index contributed by atoms with van der Waals surface area (Å²) in [6, 6.07) is 12.2. The van der Waals surface area contributed by atoms with Crippen LogP contribution in [0.15, 0.2) is 42.7 Å². The Hall–Kier alpha value is -2.10. The number of benzene rings is 1. The lowest BCUT2D eigenvalue weighted by atomic mass is 10.1. The van der Waals surface area contributed by atoms with Gasteiger partial charge in [0.25, 0.3) is 0 Å². The molecule has 0 aliphatic heterocycles. The number of para-hydroxylation sites is 1. The van der Waals surface area contributed by atoms with E-state index in [2.05, 4.69) is 60.0 Å². The molecule has 0 saturated carbocycles. The van der Waals surface area contributed by atoms with Crippen molar-refractivity contribution in [3.05, 3.63) is 42.7 Å². The molecule has 0 spiro atoms. The zero-order valence-electron chi connectivity index (χ0n) is 12.6. The van der Waals surface area contributed by atoms with Crippen molar-refractivity contribution in [1.29, 1.82) is 0 Å². The van der Waals surface area contributed by atoms with Crippen LogP contribution in [0.1, 0.15) is 27.7 Å². The molecule has 106 valence electrons. The van der Waals surface area contributed by atoms with Gasteiger partial charge in [0.1, 0.15) is 18.0 Å². The van der Waals surface area contributed by atoms with Crippen LogP contribution < -0.4 is 10.2 Å². The van der Waals surface area contributed by atoms with Gasteiger partial charge in [-0.2, -0.15) is 0 Å². The maximum absolute atomic E-state index is 4.39. The van der Waals surface area contributed by atoms with Crippen LogP contribution in [0.4, 0.5) is 17.3 Å². The Bertz CT molecular complexity index is 546. The number of anilines is 3. The van der Waals surface area contributed by atoms with E-state index in [1.807, 2.05) is 24.3 Å². The largest absolute Gasteiger partial charge is 0.365 e. The SMILES string of the molecule is CCN(c1ccccc1)c1cc(NC(C)(C)C)ncn1. The van der Waals surface area contributed by atoms with E-state index >= 15 is 0 Å². The molecule has 0 atom stereocenters. The molecule has 4 heteroatoms. The molecule has 0 amide bonds. The number of rotatable bonds is 4. The third-order valence-corrected chi connectivity index (χ3v) is 2.82. The van der Waals surface area contributed by atoms with Crippen molar-refractivity contribution >= 4 is 17.3 Å². The van der Waals surface area contributed by atoms with Crippen LogP contribution in [0.3, 0.4) is 0 Å². The number of nitrogens with zero attached hydrogens (tertiary/aromatic N) is 3. The Labute approximate surface area is 120 Å². The summed E-state index contributed by atoms with van der Waals surface area (Å²) in [6.45, 7) is 9.32. The van der Waals surface area contributed by atoms with Crippen LogP contribution in [0.2, 0.25) is 0 Å². The molecule has 0 aliphatic carbocycles. The van der Waals surface area contributed by atoms with Gasteiger partial charge in [-0.15, -0.1) is 0 Å². The van der Waals surface area contributed by atoms with E-state index in [1.165, 1.54) is 0 Å². The standard InChI is InChI=1S/C16H22N4/c1-5-20(13-9-7-6-8-10-13)15-11-14(17-12-18-15)19-16(2,3)4/h6-12H,5H2,1-4H3,(H,17,18,19). The van der Waals surface area contributed by atoms with Crippen molar-refractivity contribution in [3.63, 3.8) is 0 Å². The first kappa shape index (κ1) is 14.3. The highest BCUT2D eigenvalue weighted by molar-refractivity contribution is 5.62. The summed E-state index contributed by atoms with van der Waals surface area (Å²) in [4.78, 5) is 10.8. The molecule has 2 aromatic rings. The van der Waals surface area contributed by atoms with Crippen LogP contribution in [0, 0.1) is 0 Å². The summed E-state index contributed by atoms with van der Waals surface area (Å²) in [5.74, 6) is 1.75. The number of hydrogen-bond donors (Lipinski definition) is 1. The first-order valence-electron chi connectivity index (χ1n) is 6.92. The Morgan fingerprint density at radius 2 is 1.80 bits per heavy atom. The molecular weight excluding hydrogens is 248 g/mol. The lowest BCUT2D eigenvalue weighted by Crippen LogP contribution is -2.27. The van der Waals surface area contributed by atoms with Crippen LogP contribution in [0.25, 0.3) is 0 Å². The van der Waals surface area contributed by atoms with E-state index in [-0.39, 0.29) is 5.54 Å². The fraction of sp³-hybridized carbons (Fsp3) is 0.375. The van der Waals surface area contributed by atoms with E-state index in [1.54, 1.807) is 6.33 Å². The summed E-state index contributed by atoms with van der Waals surface area (Å²) in [5, 5.41) is 3.37. The molecular formula is C16H22N4. The Balaban J connectivity index is 2.29. The molecule has 0 fully saturated rings. The quantitative estimate of drug-likeness (QED) is 0.916. The monoisotopic (exact) mass is 270 g/mol. The van der Waals surface area contributed by atoms with Crippen LogP contribution in [0.5, 0.6) is 0 Å². The van der Waals surface area contributed by atoms with Crippen molar-refractivity contribution in [2.45, 2.75) is 33.2 Å². The molecule has 0 bridgehead atoms. The van der Waals surface area contributed by atoms with E-state index in [4.69, 9.17) is 0 Å². The predicted octanol–water partition coefficient (Wildman–Crippen LogP) is 3.85. The summed E-state index contributed by atoms with van der Waals surface area (Å²) in [7, 11) is 0. The highest BCUT2D eigenvalue weighted by atomic mass is 15.2. The molecule has 4 nitrogen and oxygen atoms in total. The van der Waals surface area contributed by atoms with Gasteiger partial charge >= 0.3 is 0 Å². The molecule has 1 N–H and O–H groups in total. The van der Waals surface area contributed by atoms with E-state index in [0.29, 0.717) is 0 Å². The smallest absolute Gasteiger partial charge is 0.138 e. The summed E-state index contributed by atoms with van der Waals surface area (Å²) in [5.41, 5.74) is 1.12. The topological polar surface area (TPSA) is 41.0 Å². The molecule has 0 unspecified atom stereocenters. The van der Waals surface area contributed by atoms with Crippen LogP contribution in [-0.2, 0) is 0 Å². The molecule has 1 heterocycles. The molecule has 1 aromatic heterocycles. The maximum atomic E-state index is 4.39. The van der Waals surface area contributed by atoms with Crippen molar-refractivity contribution in [1.82, 2.24) is 9.97 Å². The minimum absolute atomic E-state index is 0.0184. The number of nitrogens with one attached hydrogen (secondary N) is 1. The van der Waals surface area contributed by atoms with Crippen LogP contribution >= 0.6 is 0 Å². The van der Waals surface area contributed by atoms with Gasteiger partial charge in [-0.3, -0.25) is 0 Å². The van der Waals surface area contributed by atoms with Gasteiger partial charge < -0.3 is 10.2 Å². The van der Waals surface area contributed by atoms with Crippen LogP contribution in [-0.4, -0.2) is 22.1 Å². The Kier molecular flexibility index (Phi) is 4.23. The molecule has 1 aromatic carbocycles. The zero-order valence-corrected chi connectivity index (χ0v) is 12.6. The van der Waals surface area contributed by atoms with Crippen molar-refractivity contribution in [2.75, 3.05) is 16.8 Å². The Morgan fingerprint density at radius 1 is 1.10 bits per heavy atom. The fourth-order valence-electron chi connectivity index (χ4n) is 2.03.